The zero-order valence-corrected chi connectivity index (χ0v) is 18.2. The number of nitrogens with one attached hydrogen (secondary N) is 2. The van der Waals surface area contributed by atoms with Crippen LogP contribution in [0.2, 0.25) is 0 Å². The topological polar surface area (TPSA) is 120 Å². The molecular formula is C23H27N7O2. The molecule has 1 atom stereocenters. The van der Waals surface area contributed by atoms with Crippen LogP contribution in [-0.4, -0.2) is 55.1 Å². The molecule has 3 aromatic rings. The number of aliphatic imine (C=N–C) groups is 1. The third-order valence-electron chi connectivity index (χ3n) is 5.31. The predicted molar refractivity (Wildman–Crippen MR) is 128 cm³/mol. The molecule has 9 nitrogen and oxygen atoms in total. The summed E-state index contributed by atoms with van der Waals surface area (Å²) in [7, 11) is 3.32. The van der Waals surface area contributed by atoms with Crippen molar-refractivity contribution in [2.75, 3.05) is 44.5 Å². The molecule has 1 fully saturated rings. The Morgan fingerprint density at radius 2 is 2.25 bits per heavy atom. The molecule has 0 radical (unpaired) electrons. The van der Waals surface area contributed by atoms with E-state index in [9.17, 15) is 0 Å². The second-order valence-corrected chi connectivity index (χ2v) is 7.45. The molecule has 0 bridgehead atoms. The Bertz CT molecular complexity index is 1140. The summed E-state index contributed by atoms with van der Waals surface area (Å²) in [6.07, 6.45) is 7.81. The van der Waals surface area contributed by atoms with Gasteiger partial charge in [-0.05, 0) is 30.2 Å². The second kappa shape index (κ2) is 10.1. The summed E-state index contributed by atoms with van der Waals surface area (Å²) in [6.45, 7) is 2.40. The first kappa shape index (κ1) is 21.5. The Morgan fingerprint density at radius 1 is 1.34 bits per heavy atom. The van der Waals surface area contributed by atoms with E-state index in [0.29, 0.717) is 17.6 Å². The molecule has 4 N–H and O–H groups in total. The highest BCUT2D eigenvalue weighted by molar-refractivity contribution is 6.09. The van der Waals surface area contributed by atoms with Crippen LogP contribution in [0.4, 0.5) is 17.5 Å². The van der Waals surface area contributed by atoms with Gasteiger partial charge >= 0.3 is 0 Å². The largest absolute Gasteiger partial charge is 0.495 e. The molecule has 0 saturated carbocycles. The van der Waals surface area contributed by atoms with Gasteiger partial charge < -0.3 is 25.8 Å². The standard InChI is InChI=1S/C23H27N7O2/c1-25-12-18(10-24)16-3-4-19(20(9-16)31-2)29-23-28-13-17-5-7-26-22(21(17)30-23)27-11-15-6-8-32-14-15/h3-5,7,9-10,12-13,15H,6,8,11,14,24H2,1-2H3,(H,26,27)(H,28,29,30). The number of allylic oxidation sites excluding steroid dienone is 1. The van der Waals surface area contributed by atoms with Gasteiger partial charge in [0.15, 0.2) is 5.82 Å². The summed E-state index contributed by atoms with van der Waals surface area (Å²) in [6, 6.07) is 7.62. The minimum atomic E-state index is 0.452. The minimum Gasteiger partial charge on any atom is -0.495 e. The number of aromatic nitrogens is 3. The third kappa shape index (κ3) is 4.78. The van der Waals surface area contributed by atoms with Gasteiger partial charge in [0.25, 0.3) is 0 Å². The summed E-state index contributed by atoms with van der Waals surface area (Å²) in [5, 5.41) is 7.58. The Morgan fingerprint density at radius 3 is 3.00 bits per heavy atom. The number of hydrogen-bond acceptors (Lipinski definition) is 9. The van der Waals surface area contributed by atoms with Crippen molar-refractivity contribution in [3.63, 3.8) is 0 Å². The zero-order chi connectivity index (χ0) is 22.3. The number of anilines is 3. The number of rotatable bonds is 8. The lowest BCUT2D eigenvalue weighted by atomic mass is 10.1. The van der Waals surface area contributed by atoms with E-state index in [1.807, 2.05) is 24.3 Å². The van der Waals surface area contributed by atoms with Crippen LogP contribution in [0, 0.1) is 5.92 Å². The van der Waals surface area contributed by atoms with E-state index in [4.69, 9.17) is 20.2 Å². The quantitative estimate of drug-likeness (QED) is 0.463. The lowest BCUT2D eigenvalue weighted by Gasteiger charge is -2.14. The number of nitrogens with zero attached hydrogens (tertiary/aromatic N) is 4. The molecule has 1 saturated heterocycles. The van der Waals surface area contributed by atoms with Crippen molar-refractivity contribution in [1.82, 2.24) is 15.0 Å². The van der Waals surface area contributed by atoms with Gasteiger partial charge in [-0.1, -0.05) is 6.07 Å². The Labute approximate surface area is 186 Å². The molecule has 1 aliphatic rings. The first-order valence-electron chi connectivity index (χ1n) is 10.4. The van der Waals surface area contributed by atoms with Gasteiger partial charge in [0.05, 0.1) is 19.4 Å². The van der Waals surface area contributed by atoms with Crippen LogP contribution in [-0.2, 0) is 4.74 Å². The predicted octanol–water partition coefficient (Wildman–Crippen LogP) is 3.23. The fourth-order valence-electron chi connectivity index (χ4n) is 3.58. The summed E-state index contributed by atoms with van der Waals surface area (Å²) in [5.41, 5.74) is 8.92. The van der Waals surface area contributed by atoms with E-state index in [2.05, 4.69) is 25.6 Å². The van der Waals surface area contributed by atoms with E-state index in [1.54, 1.807) is 32.8 Å². The van der Waals surface area contributed by atoms with Gasteiger partial charge in [0.1, 0.15) is 11.3 Å². The van der Waals surface area contributed by atoms with Crippen LogP contribution in [0.5, 0.6) is 5.75 Å². The molecule has 9 heteroatoms. The van der Waals surface area contributed by atoms with E-state index in [-0.39, 0.29) is 0 Å². The first-order valence-corrected chi connectivity index (χ1v) is 10.4. The number of methoxy groups -OCH3 is 1. The maximum absolute atomic E-state index is 5.73. The third-order valence-corrected chi connectivity index (χ3v) is 5.31. The van der Waals surface area contributed by atoms with E-state index in [1.165, 1.54) is 6.20 Å². The van der Waals surface area contributed by atoms with E-state index < -0.39 is 0 Å². The summed E-state index contributed by atoms with van der Waals surface area (Å²) in [4.78, 5) is 17.7. The number of fused-ring (bicyclic) bond motifs is 1. The summed E-state index contributed by atoms with van der Waals surface area (Å²) < 4.78 is 11.0. The molecule has 3 heterocycles. The number of benzene rings is 1. The van der Waals surface area contributed by atoms with Crippen molar-refractivity contribution < 1.29 is 9.47 Å². The first-order chi connectivity index (χ1) is 15.7. The minimum absolute atomic E-state index is 0.452. The molecule has 1 unspecified atom stereocenters. The highest BCUT2D eigenvalue weighted by Crippen LogP contribution is 2.30. The van der Waals surface area contributed by atoms with Crippen molar-refractivity contribution in [2.24, 2.45) is 16.6 Å². The Hall–Kier alpha value is -3.72. The van der Waals surface area contributed by atoms with Gasteiger partial charge in [0, 0.05) is 61.9 Å². The molecular weight excluding hydrogens is 406 g/mol. The van der Waals surface area contributed by atoms with Gasteiger partial charge in [-0.2, -0.15) is 0 Å². The monoisotopic (exact) mass is 433 g/mol. The van der Waals surface area contributed by atoms with Crippen molar-refractivity contribution in [3.05, 3.63) is 48.4 Å². The summed E-state index contributed by atoms with van der Waals surface area (Å²) in [5.74, 6) is 2.31. The van der Waals surface area contributed by atoms with Gasteiger partial charge in [-0.3, -0.25) is 4.99 Å². The van der Waals surface area contributed by atoms with Crippen LogP contribution in [0.1, 0.15) is 12.0 Å². The Balaban J connectivity index is 1.59. The SMILES string of the molecule is CN=CC(=CN)c1ccc(Nc2ncc3ccnc(NCC4CCOC4)c3n2)c(OC)c1. The highest BCUT2D eigenvalue weighted by atomic mass is 16.5. The van der Waals surface area contributed by atoms with Crippen molar-refractivity contribution in [1.29, 1.82) is 0 Å². The van der Waals surface area contributed by atoms with Gasteiger partial charge in [0.2, 0.25) is 5.95 Å². The van der Waals surface area contributed by atoms with Crippen molar-refractivity contribution in [3.8, 4) is 5.75 Å². The number of ether oxygens (including phenoxy) is 2. The number of nitrogens with two attached hydrogens (primary N) is 1. The maximum atomic E-state index is 5.73. The molecule has 0 spiro atoms. The van der Waals surface area contributed by atoms with Crippen LogP contribution >= 0.6 is 0 Å². The normalized spacial score (nSPS) is 16.6. The van der Waals surface area contributed by atoms with Crippen LogP contribution in [0.3, 0.4) is 0 Å². The molecule has 1 aromatic carbocycles. The zero-order valence-electron chi connectivity index (χ0n) is 18.2. The van der Waals surface area contributed by atoms with E-state index >= 15 is 0 Å². The highest BCUT2D eigenvalue weighted by Gasteiger charge is 2.16. The van der Waals surface area contributed by atoms with Crippen LogP contribution in [0.15, 0.2) is 47.9 Å². The Kier molecular flexibility index (Phi) is 6.76. The molecule has 32 heavy (non-hydrogen) atoms. The van der Waals surface area contributed by atoms with Crippen LogP contribution in [0.25, 0.3) is 16.5 Å². The molecule has 0 aliphatic carbocycles. The fourth-order valence-corrected chi connectivity index (χ4v) is 3.58. The van der Waals surface area contributed by atoms with Crippen molar-refractivity contribution >= 4 is 40.1 Å². The summed E-state index contributed by atoms with van der Waals surface area (Å²) >= 11 is 0. The van der Waals surface area contributed by atoms with Crippen LogP contribution < -0.4 is 21.1 Å². The molecule has 2 aromatic heterocycles. The second-order valence-electron chi connectivity index (χ2n) is 7.45. The van der Waals surface area contributed by atoms with Gasteiger partial charge in [-0.25, -0.2) is 15.0 Å². The fraction of sp³-hybridized carbons (Fsp3) is 0.304. The average molecular weight is 434 g/mol. The molecule has 4 rings (SSSR count). The lowest BCUT2D eigenvalue weighted by molar-refractivity contribution is 0.187. The number of hydrogen-bond donors (Lipinski definition) is 3. The lowest BCUT2D eigenvalue weighted by Crippen LogP contribution is -2.15. The molecule has 1 aliphatic heterocycles. The average Bonchev–Trinajstić information content (AvgIpc) is 3.35. The molecule has 0 amide bonds. The number of pyridine rings is 1. The van der Waals surface area contributed by atoms with E-state index in [0.717, 1.165) is 59.7 Å². The maximum Gasteiger partial charge on any atom is 0.227 e. The van der Waals surface area contributed by atoms with Gasteiger partial charge in [-0.15, -0.1) is 0 Å². The molecule has 166 valence electrons. The smallest absolute Gasteiger partial charge is 0.227 e. The van der Waals surface area contributed by atoms with Crippen molar-refractivity contribution in [2.45, 2.75) is 6.42 Å².